The lowest BCUT2D eigenvalue weighted by molar-refractivity contribution is -0.123. The molecule has 2 aromatic carbocycles. The highest BCUT2D eigenvalue weighted by Crippen LogP contribution is 2.24. The summed E-state index contributed by atoms with van der Waals surface area (Å²) in [6.07, 6.45) is 0.280. The van der Waals surface area contributed by atoms with Crippen molar-refractivity contribution in [2.24, 2.45) is 0 Å². The largest absolute Gasteiger partial charge is 0.497 e. The van der Waals surface area contributed by atoms with E-state index in [0.717, 1.165) is 17.0 Å². The number of methoxy groups -OCH3 is 1. The van der Waals surface area contributed by atoms with E-state index in [1.54, 1.807) is 12.0 Å². The molecule has 1 atom stereocenters. The van der Waals surface area contributed by atoms with Crippen molar-refractivity contribution in [1.29, 1.82) is 0 Å². The molecule has 3 rings (SSSR count). The molecule has 0 saturated carbocycles. The molecule has 0 bridgehead atoms. The zero-order valence-corrected chi connectivity index (χ0v) is 14.9. The zero-order chi connectivity index (χ0) is 18.5. The summed E-state index contributed by atoms with van der Waals surface area (Å²) in [5.74, 6) is 1.13. The van der Waals surface area contributed by atoms with E-state index in [1.165, 1.54) is 0 Å². The van der Waals surface area contributed by atoms with E-state index in [9.17, 15) is 9.59 Å². The molecule has 0 aliphatic carbocycles. The molecule has 6 heteroatoms. The van der Waals surface area contributed by atoms with Crippen molar-refractivity contribution in [3.05, 3.63) is 54.1 Å². The molecule has 6 nitrogen and oxygen atoms in total. The summed E-state index contributed by atoms with van der Waals surface area (Å²) in [6, 6.07) is 14.6. The quantitative estimate of drug-likeness (QED) is 0.864. The van der Waals surface area contributed by atoms with Gasteiger partial charge in [-0.2, -0.15) is 0 Å². The smallest absolute Gasteiger partial charge is 0.258 e. The van der Waals surface area contributed by atoms with E-state index < -0.39 is 0 Å². The second kappa shape index (κ2) is 7.91. The third kappa shape index (κ3) is 4.33. The van der Waals surface area contributed by atoms with Crippen LogP contribution in [0, 0.1) is 6.92 Å². The summed E-state index contributed by atoms with van der Waals surface area (Å²) >= 11 is 0. The minimum atomic E-state index is -0.236. The Morgan fingerprint density at radius 1 is 1.12 bits per heavy atom. The Labute approximate surface area is 152 Å². The molecule has 0 aromatic heterocycles. The van der Waals surface area contributed by atoms with Crippen molar-refractivity contribution >= 4 is 17.5 Å². The predicted octanol–water partition coefficient (Wildman–Crippen LogP) is 2.30. The molecular formula is C20H22N2O4. The summed E-state index contributed by atoms with van der Waals surface area (Å²) in [5.41, 5.74) is 1.92. The summed E-state index contributed by atoms with van der Waals surface area (Å²) < 4.78 is 10.6. The maximum atomic E-state index is 12.2. The first kappa shape index (κ1) is 17.8. The first-order chi connectivity index (χ1) is 12.5. The SMILES string of the molecule is COc1ccc(N2C[C@H](NC(=O)COc3ccc(C)cc3)CC2=O)cc1. The molecule has 2 aromatic rings. The van der Waals surface area contributed by atoms with Gasteiger partial charge in [-0.25, -0.2) is 0 Å². The van der Waals surface area contributed by atoms with Gasteiger partial charge in [0.2, 0.25) is 5.91 Å². The Morgan fingerprint density at radius 3 is 2.42 bits per heavy atom. The number of amides is 2. The third-order valence-corrected chi connectivity index (χ3v) is 4.27. The summed E-state index contributed by atoms with van der Waals surface area (Å²) in [4.78, 5) is 26.0. The zero-order valence-electron chi connectivity index (χ0n) is 14.9. The highest BCUT2D eigenvalue weighted by molar-refractivity contribution is 5.97. The van der Waals surface area contributed by atoms with Crippen LogP contribution in [0.3, 0.4) is 0 Å². The fourth-order valence-electron chi connectivity index (χ4n) is 2.87. The van der Waals surface area contributed by atoms with Crippen molar-refractivity contribution in [2.45, 2.75) is 19.4 Å². The molecule has 0 spiro atoms. The fourth-order valence-corrected chi connectivity index (χ4v) is 2.87. The number of hydrogen-bond acceptors (Lipinski definition) is 4. The van der Waals surface area contributed by atoms with Crippen LogP contribution >= 0.6 is 0 Å². The molecule has 1 aliphatic heterocycles. The molecule has 1 N–H and O–H groups in total. The van der Waals surface area contributed by atoms with Gasteiger partial charge in [0, 0.05) is 18.7 Å². The molecule has 1 saturated heterocycles. The summed E-state index contributed by atoms with van der Waals surface area (Å²) in [6.45, 7) is 2.36. The molecule has 26 heavy (non-hydrogen) atoms. The highest BCUT2D eigenvalue weighted by Gasteiger charge is 2.31. The van der Waals surface area contributed by atoms with Gasteiger partial charge in [-0.15, -0.1) is 0 Å². The topological polar surface area (TPSA) is 67.9 Å². The van der Waals surface area contributed by atoms with Gasteiger partial charge in [0.05, 0.1) is 13.2 Å². The van der Waals surface area contributed by atoms with Crippen LogP contribution in [0.4, 0.5) is 5.69 Å². The number of aryl methyl sites for hydroxylation is 1. The molecular weight excluding hydrogens is 332 g/mol. The average Bonchev–Trinajstić information content (AvgIpc) is 3.01. The molecule has 0 radical (unpaired) electrons. The number of hydrogen-bond donors (Lipinski definition) is 1. The highest BCUT2D eigenvalue weighted by atomic mass is 16.5. The maximum Gasteiger partial charge on any atom is 0.258 e. The van der Waals surface area contributed by atoms with E-state index in [-0.39, 0.29) is 30.9 Å². The lowest BCUT2D eigenvalue weighted by Crippen LogP contribution is -2.39. The van der Waals surface area contributed by atoms with Crippen LogP contribution in [0.5, 0.6) is 11.5 Å². The summed E-state index contributed by atoms with van der Waals surface area (Å²) in [5, 5.41) is 2.86. The van der Waals surface area contributed by atoms with E-state index in [2.05, 4.69) is 5.32 Å². The first-order valence-corrected chi connectivity index (χ1v) is 8.48. The van der Waals surface area contributed by atoms with Crippen LogP contribution in [0.15, 0.2) is 48.5 Å². The van der Waals surface area contributed by atoms with Crippen molar-refractivity contribution in [3.63, 3.8) is 0 Å². The number of carbonyl (C=O) groups excluding carboxylic acids is 2. The van der Waals surface area contributed by atoms with Crippen LogP contribution in [-0.4, -0.2) is 38.1 Å². The van der Waals surface area contributed by atoms with Crippen molar-refractivity contribution in [1.82, 2.24) is 5.32 Å². The molecule has 136 valence electrons. The number of rotatable bonds is 6. The van der Waals surface area contributed by atoms with Gasteiger partial charge in [-0.1, -0.05) is 17.7 Å². The lowest BCUT2D eigenvalue weighted by atomic mass is 10.2. The molecule has 1 heterocycles. The van der Waals surface area contributed by atoms with Gasteiger partial charge in [0.15, 0.2) is 6.61 Å². The van der Waals surface area contributed by atoms with Gasteiger partial charge in [0.25, 0.3) is 5.91 Å². The van der Waals surface area contributed by atoms with Crippen LogP contribution in [-0.2, 0) is 9.59 Å². The number of nitrogens with zero attached hydrogens (tertiary/aromatic N) is 1. The Bertz CT molecular complexity index is 771. The number of benzene rings is 2. The lowest BCUT2D eigenvalue weighted by Gasteiger charge is -2.17. The fraction of sp³-hybridized carbons (Fsp3) is 0.300. The van der Waals surface area contributed by atoms with Crippen molar-refractivity contribution in [3.8, 4) is 11.5 Å². The Morgan fingerprint density at radius 2 is 1.77 bits per heavy atom. The summed E-state index contributed by atoms with van der Waals surface area (Å²) in [7, 11) is 1.60. The number of nitrogens with one attached hydrogen (secondary N) is 1. The second-order valence-electron chi connectivity index (χ2n) is 6.27. The van der Waals surface area contributed by atoms with Crippen LogP contribution in [0.25, 0.3) is 0 Å². The van der Waals surface area contributed by atoms with Gasteiger partial charge < -0.3 is 19.7 Å². The number of carbonyl (C=O) groups is 2. The average molecular weight is 354 g/mol. The van der Waals surface area contributed by atoms with Crippen LogP contribution in [0.1, 0.15) is 12.0 Å². The second-order valence-corrected chi connectivity index (χ2v) is 6.27. The van der Waals surface area contributed by atoms with Gasteiger partial charge in [-0.05, 0) is 43.3 Å². The Hall–Kier alpha value is -3.02. The first-order valence-electron chi connectivity index (χ1n) is 8.48. The van der Waals surface area contributed by atoms with Gasteiger partial charge >= 0.3 is 0 Å². The monoisotopic (exact) mass is 354 g/mol. The van der Waals surface area contributed by atoms with Gasteiger partial charge in [0.1, 0.15) is 11.5 Å². The normalized spacial score (nSPS) is 16.5. The minimum Gasteiger partial charge on any atom is -0.497 e. The third-order valence-electron chi connectivity index (χ3n) is 4.27. The van der Waals surface area contributed by atoms with Crippen molar-refractivity contribution in [2.75, 3.05) is 25.2 Å². The van der Waals surface area contributed by atoms with E-state index in [1.807, 2.05) is 55.5 Å². The Balaban J connectivity index is 1.51. The van der Waals surface area contributed by atoms with E-state index in [0.29, 0.717) is 12.3 Å². The van der Waals surface area contributed by atoms with E-state index in [4.69, 9.17) is 9.47 Å². The standard InChI is InChI=1S/C20H22N2O4/c1-14-3-7-18(8-4-14)26-13-19(23)21-15-11-20(24)22(12-15)16-5-9-17(25-2)10-6-16/h3-10,15H,11-13H2,1-2H3,(H,21,23)/t15-/m1/s1. The molecule has 1 fully saturated rings. The van der Waals surface area contributed by atoms with Crippen LogP contribution < -0.4 is 19.7 Å². The van der Waals surface area contributed by atoms with Crippen molar-refractivity contribution < 1.29 is 19.1 Å². The van der Waals surface area contributed by atoms with Crippen LogP contribution in [0.2, 0.25) is 0 Å². The minimum absolute atomic E-state index is 0.0140. The molecule has 2 amide bonds. The van der Waals surface area contributed by atoms with E-state index >= 15 is 0 Å². The molecule has 1 aliphatic rings. The predicted molar refractivity (Wildman–Crippen MR) is 98.6 cm³/mol. The molecule has 0 unspecified atom stereocenters. The number of anilines is 1. The van der Waals surface area contributed by atoms with Gasteiger partial charge in [-0.3, -0.25) is 9.59 Å². The Kier molecular flexibility index (Phi) is 5.41. The number of ether oxygens (including phenoxy) is 2. The maximum absolute atomic E-state index is 12.2.